The summed E-state index contributed by atoms with van der Waals surface area (Å²) in [5, 5.41) is 10.6. The summed E-state index contributed by atoms with van der Waals surface area (Å²) in [6.07, 6.45) is 0.337. The normalized spacial score (nSPS) is 13.8. The first kappa shape index (κ1) is 15.0. The lowest BCUT2D eigenvalue weighted by Gasteiger charge is -2.25. The molecule has 0 saturated heterocycles. The van der Waals surface area contributed by atoms with Crippen molar-refractivity contribution in [1.29, 1.82) is 0 Å². The van der Waals surface area contributed by atoms with Gasteiger partial charge in [0.25, 0.3) is 0 Å². The lowest BCUT2D eigenvalue weighted by Crippen LogP contribution is -2.25. The van der Waals surface area contributed by atoms with E-state index in [2.05, 4.69) is 15.9 Å². The van der Waals surface area contributed by atoms with Crippen LogP contribution < -0.4 is 4.74 Å². The van der Waals surface area contributed by atoms with Crippen LogP contribution in [0.15, 0.2) is 46.9 Å². The number of aliphatic hydroxyl groups is 1. The summed E-state index contributed by atoms with van der Waals surface area (Å²) in [6, 6.07) is 12.1. The van der Waals surface area contributed by atoms with E-state index in [0.717, 1.165) is 10.0 Å². The molecular weight excluding hydrogens is 323 g/mol. The molecule has 2 rings (SSSR count). The summed E-state index contributed by atoms with van der Waals surface area (Å²) in [5.74, 6) is -0.0304. The zero-order chi connectivity index (χ0) is 14.8. The molecule has 0 amide bonds. The molecule has 2 nitrogen and oxygen atoms in total. The Balaban J connectivity index is 2.27. The van der Waals surface area contributed by atoms with Gasteiger partial charge >= 0.3 is 0 Å². The van der Waals surface area contributed by atoms with Gasteiger partial charge in [-0.1, -0.05) is 28.1 Å². The van der Waals surface area contributed by atoms with E-state index in [4.69, 9.17) is 4.74 Å². The van der Waals surface area contributed by atoms with Crippen molar-refractivity contribution in [3.63, 3.8) is 0 Å². The molecule has 0 fully saturated rings. The number of methoxy groups -OCH3 is 1. The number of ether oxygens (including phenoxy) is 1. The maximum Gasteiger partial charge on any atom is 0.132 e. The molecule has 0 bridgehead atoms. The Morgan fingerprint density at radius 3 is 2.40 bits per heavy atom. The maximum atomic E-state index is 14.1. The van der Waals surface area contributed by atoms with Crippen molar-refractivity contribution in [2.24, 2.45) is 0 Å². The Morgan fingerprint density at radius 2 is 1.85 bits per heavy atom. The van der Waals surface area contributed by atoms with Gasteiger partial charge < -0.3 is 9.84 Å². The summed E-state index contributed by atoms with van der Waals surface area (Å²) in [7, 11) is 1.48. The molecule has 0 aliphatic carbocycles. The third-order valence-electron chi connectivity index (χ3n) is 3.22. The van der Waals surface area contributed by atoms with Crippen LogP contribution in [0.2, 0.25) is 0 Å². The second-order valence-corrected chi connectivity index (χ2v) is 5.84. The molecule has 0 aromatic heterocycles. The lowest BCUT2D eigenvalue weighted by molar-refractivity contribution is 0.0537. The van der Waals surface area contributed by atoms with Crippen LogP contribution in [-0.2, 0) is 12.0 Å². The first-order valence-corrected chi connectivity index (χ1v) is 7.02. The largest absolute Gasteiger partial charge is 0.497 e. The average molecular weight is 339 g/mol. The number of benzene rings is 2. The van der Waals surface area contributed by atoms with Crippen LogP contribution in [0.5, 0.6) is 5.75 Å². The predicted octanol–water partition coefficient (Wildman–Crippen LogP) is 4.05. The van der Waals surface area contributed by atoms with E-state index < -0.39 is 11.4 Å². The summed E-state index contributed by atoms with van der Waals surface area (Å²) in [4.78, 5) is 0. The molecule has 1 N–H and O–H groups in total. The van der Waals surface area contributed by atoms with Crippen LogP contribution >= 0.6 is 15.9 Å². The highest BCUT2D eigenvalue weighted by atomic mass is 79.9. The van der Waals surface area contributed by atoms with E-state index in [1.165, 1.54) is 13.2 Å². The maximum absolute atomic E-state index is 14.1. The lowest BCUT2D eigenvalue weighted by atomic mass is 9.88. The van der Waals surface area contributed by atoms with Crippen molar-refractivity contribution >= 4 is 15.9 Å². The molecule has 1 unspecified atom stereocenters. The number of halogens is 2. The molecule has 20 heavy (non-hydrogen) atoms. The van der Waals surface area contributed by atoms with Crippen LogP contribution in [0.4, 0.5) is 4.39 Å². The highest BCUT2D eigenvalue weighted by molar-refractivity contribution is 9.10. The smallest absolute Gasteiger partial charge is 0.132 e. The molecule has 2 aromatic rings. The first-order valence-electron chi connectivity index (χ1n) is 6.23. The van der Waals surface area contributed by atoms with Gasteiger partial charge in [0, 0.05) is 22.5 Å². The highest BCUT2D eigenvalue weighted by Crippen LogP contribution is 2.30. The summed E-state index contributed by atoms with van der Waals surface area (Å²) in [6.45, 7) is 1.61. The fourth-order valence-electron chi connectivity index (χ4n) is 2.15. The monoisotopic (exact) mass is 338 g/mol. The highest BCUT2D eigenvalue weighted by Gasteiger charge is 2.27. The van der Waals surface area contributed by atoms with Gasteiger partial charge in [0.2, 0.25) is 0 Å². The van der Waals surface area contributed by atoms with Gasteiger partial charge in [0.05, 0.1) is 12.7 Å². The van der Waals surface area contributed by atoms with E-state index in [-0.39, 0.29) is 5.56 Å². The Kier molecular flexibility index (Phi) is 4.45. The first-order chi connectivity index (χ1) is 9.42. The van der Waals surface area contributed by atoms with Crippen molar-refractivity contribution in [3.8, 4) is 5.75 Å². The fourth-order valence-corrected chi connectivity index (χ4v) is 2.42. The van der Waals surface area contributed by atoms with E-state index in [9.17, 15) is 9.50 Å². The van der Waals surface area contributed by atoms with Crippen molar-refractivity contribution in [2.45, 2.75) is 18.9 Å². The standard InChI is InChI=1S/C16H16BrFO2/c1-16(19,10-11-3-5-12(17)6-4-11)14-8-7-13(20-2)9-15(14)18/h3-9,19H,10H2,1-2H3. The number of rotatable bonds is 4. The summed E-state index contributed by atoms with van der Waals surface area (Å²) in [5.41, 5.74) is -0.0703. The minimum atomic E-state index is -1.27. The Hall–Kier alpha value is -1.39. The van der Waals surface area contributed by atoms with Crippen molar-refractivity contribution in [1.82, 2.24) is 0 Å². The molecule has 1 atom stereocenters. The molecule has 0 radical (unpaired) electrons. The number of hydrogen-bond donors (Lipinski definition) is 1. The molecule has 0 aliphatic heterocycles. The van der Waals surface area contributed by atoms with Crippen molar-refractivity contribution in [3.05, 3.63) is 63.9 Å². The van der Waals surface area contributed by atoms with Gasteiger partial charge in [-0.05, 0) is 36.8 Å². The molecule has 2 aromatic carbocycles. The molecule has 0 aliphatic rings. The van der Waals surface area contributed by atoms with Gasteiger partial charge in [-0.15, -0.1) is 0 Å². The molecular formula is C16H16BrFO2. The molecule has 4 heteroatoms. The third kappa shape index (κ3) is 3.38. The quantitative estimate of drug-likeness (QED) is 0.911. The Labute approximate surface area is 126 Å². The Morgan fingerprint density at radius 1 is 1.20 bits per heavy atom. The minimum Gasteiger partial charge on any atom is -0.497 e. The second-order valence-electron chi connectivity index (χ2n) is 4.92. The molecule has 0 saturated carbocycles. The van der Waals surface area contributed by atoms with Crippen LogP contribution in [0.25, 0.3) is 0 Å². The van der Waals surface area contributed by atoms with Crippen LogP contribution in [-0.4, -0.2) is 12.2 Å². The van der Waals surface area contributed by atoms with Crippen LogP contribution in [0.1, 0.15) is 18.1 Å². The summed E-state index contributed by atoms with van der Waals surface area (Å²) >= 11 is 3.36. The average Bonchev–Trinajstić information content (AvgIpc) is 2.40. The van der Waals surface area contributed by atoms with Gasteiger partial charge in [-0.3, -0.25) is 0 Å². The van der Waals surface area contributed by atoms with Crippen LogP contribution in [0.3, 0.4) is 0 Å². The SMILES string of the molecule is COc1ccc(C(C)(O)Cc2ccc(Br)cc2)c(F)c1. The van der Waals surface area contributed by atoms with Gasteiger partial charge in [-0.2, -0.15) is 0 Å². The van der Waals surface area contributed by atoms with Gasteiger partial charge in [0.15, 0.2) is 0 Å². The van der Waals surface area contributed by atoms with E-state index in [1.54, 1.807) is 19.1 Å². The fraction of sp³-hybridized carbons (Fsp3) is 0.250. The molecule has 0 spiro atoms. The minimum absolute atomic E-state index is 0.265. The van der Waals surface area contributed by atoms with Gasteiger partial charge in [0.1, 0.15) is 11.6 Å². The third-order valence-corrected chi connectivity index (χ3v) is 3.75. The molecule has 0 heterocycles. The van der Waals surface area contributed by atoms with E-state index >= 15 is 0 Å². The zero-order valence-corrected chi connectivity index (χ0v) is 12.9. The van der Waals surface area contributed by atoms with E-state index in [0.29, 0.717) is 12.2 Å². The molecule has 106 valence electrons. The summed E-state index contributed by atoms with van der Waals surface area (Å²) < 4.78 is 20.0. The predicted molar refractivity (Wildman–Crippen MR) is 80.4 cm³/mol. The Bertz CT molecular complexity index is 594. The van der Waals surface area contributed by atoms with Crippen molar-refractivity contribution in [2.75, 3.05) is 7.11 Å². The number of hydrogen-bond acceptors (Lipinski definition) is 2. The second kappa shape index (κ2) is 5.94. The zero-order valence-electron chi connectivity index (χ0n) is 11.4. The van der Waals surface area contributed by atoms with E-state index in [1.807, 2.05) is 24.3 Å². The van der Waals surface area contributed by atoms with Gasteiger partial charge in [-0.25, -0.2) is 4.39 Å². The van der Waals surface area contributed by atoms with Crippen molar-refractivity contribution < 1.29 is 14.2 Å². The topological polar surface area (TPSA) is 29.5 Å². The van der Waals surface area contributed by atoms with Crippen LogP contribution in [0, 0.1) is 5.82 Å².